The Morgan fingerprint density at radius 3 is 2.80 bits per heavy atom. The average Bonchev–Trinajstić information content (AvgIpc) is 2.80. The topological polar surface area (TPSA) is 113 Å². The molecule has 8 nitrogen and oxygen atoms in total. The van der Waals surface area contributed by atoms with Gasteiger partial charge in [-0.05, 0) is 28.1 Å². The first kappa shape index (κ1) is 15.0. The molecule has 0 amide bonds. The number of sulfonamides is 1. The highest BCUT2D eigenvalue weighted by Crippen LogP contribution is 2.25. The number of halogens is 1. The highest BCUT2D eigenvalue weighted by Gasteiger charge is 2.23. The van der Waals surface area contributed by atoms with Gasteiger partial charge < -0.3 is 4.74 Å². The number of aromatic nitrogens is 4. The lowest BCUT2D eigenvalue weighted by Gasteiger charge is -2.09. The molecule has 0 bridgehead atoms. The van der Waals surface area contributed by atoms with Crippen molar-refractivity contribution < 1.29 is 13.2 Å². The van der Waals surface area contributed by atoms with E-state index < -0.39 is 10.0 Å². The van der Waals surface area contributed by atoms with Crippen molar-refractivity contribution in [2.24, 2.45) is 5.14 Å². The summed E-state index contributed by atoms with van der Waals surface area (Å²) < 4.78 is 30.1. The van der Waals surface area contributed by atoms with Gasteiger partial charge in [-0.3, -0.25) is 9.55 Å². The lowest BCUT2D eigenvalue weighted by Crippen LogP contribution is -2.20. The molecule has 0 atom stereocenters. The maximum Gasteiger partial charge on any atom is 0.273 e. The number of ether oxygens (including phenoxy) is 1. The van der Waals surface area contributed by atoms with E-state index in [1.807, 2.05) is 0 Å². The molecule has 0 unspecified atom stereocenters. The summed E-state index contributed by atoms with van der Waals surface area (Å²) in [6, 6.07) is 3.51. The monoisotopic (exact) mass is 361 g/mol. The number of methoxy groups -OCH3 is 1. The second-order valence-electron chi connectivity index (χ2n) is 3.83. The normalized spacial score (nSPS) is 11.8. The largest absolute Gasteiger partial charge is 0.383 e. The van der Waals surface area contributed by atoms with Gasteiger partial charge in [0.05, 0.1) is 13.2 Å². The lowest BCUT2D eigenvalue weighted by atomic mass is 10.3. The van der Waals surface area contributed by atoms with Crippen LogP contribution in [-0.4, -0.2) is 41.9 Å². The number of hydrogen-bond acceptors (Lipinski definition) is 6. The molecule has 2 heterocycles. The van der Waals surface area contributed by atoms with Gasteiger partial charge >= 0.3 is 0 Å². The molecule has 0 aliphatic carbocycles. The van der Waals surface area contributed by atoms with Crippen LogP contribution in [0.2, 0.25) is 0 Å². The third-order valence-corrected chi connectivity index (χ3v) is 3.91. The van der Waals surface area contributed by atoms with E-state index in [1.165, 1.54) is 11.7 Å². The van der Waals surface area contributed by atoms with E-state index in [9.17, 15) is 8.42 Å². The number of hydrogen-bond donors (Lipinski definition) is 1. The molecule has 108 valence electrons. The van der Waals surface area contributed by atoms with Gasteiger partial charge in [0.15, 0.2) is 5.82 Å². The van der Waals surface area contributed by atoms with E-state index in [2.05, 4.69) is 31.1 Å². The molecule has 0 saturated heterocycles. The molecule has 2 aromatic rings. The Kier molecular flexibility index (Phi) is 4.48. The van der Waals surface area contributed by atoms with Crippen LogP contribution in [0.15, 0.2) is 28.0 Å². The van der Waals surface area contributed by atoms with Crippen molar-refractivity contribution in [2.45, 2.75) is 11.7 Å². The quantitative estimate of drug-likeness (QED) is 0.824. The number of nitrogens with two attached hydrogens (primary N) is 1. The van der Waals surface area contributed by atoms with Gasteiger partial charge in [0, 0.05) is 17.8 Å². The van der Waals surface area contributed by atoms with Crippen molar-refractivity contribution in [1.29, 1.82) is 0 Å². The molecule has 2 N–H and O–H groups in total. The van der Waals surface area contributed by atoms with Gasteiger partial charge in [-0.15, -0.1) is 10.2 Å². The molecule has 10 heteroatoms. The molecule has 0 aromatic carbocycles. The van der Waals surface area contributed by atoms with Crippen LogP contribution in [0.25, 0.3) is 11.5 Å². The van der Waals surface area contributed by atoms with Crippen LogP contribution in [-0.2, 0) is 21.3 Å². The molecular formula is C10H12BrN5O3S. The van der Waals surface area contributed by atoms with E-state index in [4.69, 9.17) is 9.88 Å². The predicted octanol–water partition coefficient (Wildman–Crippen LogP) is 0.396. The Hall–Kier alpha value is -1.36. The van der Waals surface area contributed by atoms with Crippen LogP contribution >= 0.6 is 15.9 Å². The fourth-order valence-corrected chi connectivity index (χ4v) is 2.68. The van der Waals surface area contributed by atoms with Crippen molar-refractivity contribution >= 4 is 26.0 Å². The Labute approximate surface area is 124 Å². The molecule has 0 fully saturated rings. The molecule has 0 aliphatic rings. The van der Waals surface area contributed by atoms with E-state index in [-0.39, 0.29) is 18.3 Å². The van der Waals surface area contributed by atoms with Gasteiger partial charge in [0.25, 0.3) is 15.2 Å². The van der Waals surface area contributed by atoms with Gasteiger partial charge in [-0.2, -0.15) is 0 Å². The highest BCUT2D eigenvalue weighted by molar-refractivity contribution is 9.10. The van der Waals surface area contributed by atoms with Crippen molar-refractivity contribution in [3.63, 3.8) is 0 Å². The molecule has 0 saturated carbocycles. The maximum absolute atomic E-state index is 11.5. The Bertz CT molecular complexity index is 715. The smallest absolute Gasteiger partial charge is 0.273 e. The first-order valence-corrected chi connectivity index (χ1v) is 7.85. The summed E-state index contributed by atoms with van der Waals surface area (Å²) in [6.07, 6.45) is 1.58. The number of rotatable bonds is 5. The van der Waals surface area contributed by atoms with Crippen LogP contribution in [0.3, 0.4) is 0 Å². The average molecular weight is 362 g/mol. The summed E-state index contributed by atoms with van der Waals surface area (Å²) in [5, 5.41) is 12.3. The molecule has 20 heavy (non-hydrogen) atoms. The second-order valence-corrected chi connectivity index (χ2v) is 6.14. The standard InChI is InChI=1S/C10H12BrN5O3S/c1-19-6-5-16-9(8-7(11)3-2-4-13-8)14-15-10(16)20(12,17)18/h2-4H,5-6H2,1H3,(H2,12,17,18). The summed E-state index contributed by atoms with van der Waals surface area (Å²) in [6.45, 7) is 0.533. The van der Waals surface area contributed by atoms with Crippen LogP contribution in [0.1, 0.15) is 0 Å². The van der Waals surface area contributed by atoms with Crippen molar-refractivity contribution in [3.8, 4) is 11.5 Å². The van der Waals surface area contributed by atoms with Gasteiger partial charge in [0.2, 0.25) is 0 Å². The predicted molar refractivity (Wildman–Crippen MR) is 74.2 cm³/mol. The second kappa shape index (κ2) is 5.95. The van der Waals surface area contributed by atoms with Crippen LogP contribution < -0.4 is 5.14 Å². The third-order valence-electron chi connectivity index (χ3n) is 2.46. The fraction of sp³-hybridized carbons (Fsp3) is 0.300. The first-order chi connectivity index (χ1) is 9.45. The minimum atomic E-state index is -3.97. The SMILES string of the molecule is COCCn1c(-c2ncccc2Br)nnc1S(N)(=O)=O. The number of pyridine rings is 1. The van der Waals surface area contributed by atoms with Crippen molar-refractivity contribution in [2.75, 3.05) is 13.7 Å². The van der Waals surface area contributed by atoms with Gasteiger partial charge in [0.1, 0.15) is 5.69 Å². The zero-order valence-electron chi connectivity index (χ0n) is 10.5. The molecule has 0 spiro atoms. The number of primary sulfonamides is 1. The third kappa shape index (κ3) is 3.03. The van der Waals surface area contributed by atoms with Crippen molar-refractivity contribution in [1.82, 2.24) is 19.7 Å². The fourth-order valence-electron chi connectivity index (χ4n) is 1.61. The van der Waals surface area contributed by atoms with E-state index in [0.29, 0.717) is 16.0 Å². The van der Waals surface area contributed by atoms with E-state index >= 15 is 0 Å². The summed E-state index contributed by atoms with van der Waals surface area (Å²) >= 11 is 3.34. The number of nitrogens with zero attached hydrogens (tertiary/aromatic N) is 4. The molecular weight excluding hydrogens is 350 g/mol. The zero-order valence-corrected chi connectivity index (χ0v) is 12.9. The molecule has 2 aromatic heterocycles. The summed E-state index contributed by atoms with van der Waals surface area (Å²) in [5.74, 6) is 0.304. The first-order valence-electron chi connectivity index (χ1n) is 5.51. The van der Waals surface area contributed by atoms with Crippen LogP contribution in [0.5, 0.6) is 0 Å². The Morgan fingerprint density at radius 1 is 1.45 bits per heavy atom. The van der Waals surface area contributed by atoms with E-state index in [0.717, 1.165) is 0 Å². The Morgan fingerprint density at radius 2 is 2.20 bits per heavy atom. The van der Waals surface area contributed by atoms with Crippen molar-refractivity contribution in [3.05, 3.63) is 22.8 Å². The highest BCUT2D eigenvalue weighted by atomic mass is 79.9. The molecule has 0 aliphatic heterocycles. The van der Waals surface area contributed by atoms with Crippen LogP contribution in [0.4, 0.5) is 0 Å². The lowest BCUT2D eigenvalue weighted by molar-refractivity contribution is 0.185. The summed E-state index contributed by atoms with van der Waals surface area (Å²) in [7, 11) is -2.46. The minimum absolute atomic E-state index is 0.244. The van der Waals surface area contributed by atoms with Gasteiger partial charge in [-0.25, -0.2) is 13.6 Å². The van der Waals surface area contributed by atoms with Gasteiger partial charge in [-0.1, -0.05) is 0 Å². The zero-order chi connectivity index (χ0) is 14.8. The van der Waals surface area contributed by atoms with E-state index in [1.54, 1.807) is 18.3 Å². The summed E-state index contributed by atoms with van der Waals surface area (Å²) in [5.41, 5.74) is 0.478. The Balaban J connectivity index is 2.60. The minimum Gasteiger partial charge on any atom is -0.383 e. The maximum atomic E-state index is 11.5. The molecule has 2 rings (SSSR count). The van der Waals surface area contributed by atoms with Crippen LogP contribution in [0, 0.1) is 0 Å². The summed E-state index contributed by atoms with van der Waals surface area (Å²) in [4.78, 5) is 4.17. The molecule has 0 radical (unpaired) electrons.